The van der Waals surface area contributed by atoms with Gasteiger partial charge in [-0.2, -0.15) is 0 Å². The third kappa shape index (κ3) is 1.35. The van der Waals surface area contributed by atoms with Crippen molar-refractivity contribution in [3.63, 3.8) is 0 Å². The molecule has 0 aromatic heterocycles. The van der Waals surface area contributed by atoms with Crippen molar-refractivity contribution in [3.05, 3.63) is 17.7 Å². The summed E-state index contributed by atoms with van der Waals surface area (Å²) in [5.41, 5.74) is 24.5. The van der Waals surface area contributed by atoms with Crippen LogP contribution in [0, 0.1) is 0 Å². The molecule has 0 atom stereocenters. The summed E-state index contributed by atoms with van der Waals surface area (Å²) in [6, 6.07) is 3.35. The highest BCUT2D eigenvalue weighted by atomic mass is 14.7. The third-order valence-corrected chi connectivity index (χ3v) is 1.54. The van der Waals surface area contributed by atoms with E-state index in [1.165, 1.54) is 0 Å². The Balaban J connectivity index is 3.24. The smallest absolute Gasteiger partial charge is 0.0594 e. The van der Waals surface area contributed by atoms with Crippen LogP contribution in [-0.4, -0.2) is 0 Å². The van der Waals surface area contributed by atoms with Crippen molar-refractivity contribution < 1.29 is 0 Å². The number of nitrogens with two attached hydrogens (primary N) is 4. The number of benzene rings is 1. The van der Waals surface area contributed by atoms with Gasteiger partial charge in [-0.1, -0.05) is 0 Å². The maximum Gasteiger partial charge on any atom is 0.0594 e. The Morgan fingerprint density at radius 1 is 1.09 bits per heavy atom. The van der Waals surface area contributed by atoms with Crippen LogP contribution in [0.25, 0.3) is 0 Å². The van der Waals surface area contributed by atoms with Gasteiger partial charge in [-0.3, -0.25) is 0 Å². The minimum atomic E-state index is 0.362. The van der Waals surface area contributed by atoms with E-state index >= 15 is 0 Å². The van der Waals surface area contributed by atoms with Crippen LogP contribution in [0.3, 0.4) is 0 Å². The first kappa shape index (κ1) is 7.68. The number of hydrogen-bond donors (Lipinski definition) is 4. The van der Waals surface area contributed by atoms with Gasteiger partial charge >= 0.3 is 0 Å². The topological polar surface area (TPSA) is 104 Å². The first-order valence-electron chi connectivity index (χ1n) is 3.28. The molecule has 0 fully saturated rings. The van der Waals surface area contributed by atoms with Gasteiger partial charge in [-0.25, -0.2) is 0 Å². The SMILES string of the molecule is NCc1cc(N)cc(N)c1N. The molecule has 0 saturated heterocycles. The van der Waals surface area contributed by atoms with Crippen molar-refractivity contribution in [2.45, 2.75) is 6.54 Å². The maximum absolute atomic E-state index is 5.60. The number of hydrogen-bond acceptors (Lipinski definition) is 4. The van der Waals surface area contributed by atoms with E-state index in [-0.39, 0.29) is 0 Å². The Morgan fingerprint density at radius 2 is 1.73 bits per heavy atom. The quantitative estimate of drug-likeness (QED) is 0.421. The van der Waals surface area contributed by atoms with Gasteiger partial charge in [-0.15, -0.1) is 0 Å². The molecule has 0 heterocycles. The Bertz CT molecular complexity index is 269. The fraction of sp³-hybridized carbons (Fsp3) is 0.143. The molecule has 0 bridgehead atoms. The first-order chi connectivity index (χ1) is 5.15. The monoisotopic (exact) mass is 152 g/mol. The molecule has 1 aromatic rings. The molecule has 0 aliphatic rings. The number of rotatable bonds is 1. The summed E-state index contributed by atoms with van der Waals surface area (Å²) in [6.45, 7) is 0.362. The summed E-state index contributed by atoms with van der Waals surface area (Å²) >= 11 is 0. The second-order valence-electron chi connectivity index (χ2n) is 2.39. The first-order valence-corrected chi connectivity index (χ1v) is 3.28. The van der Waals surface area contributed by atoms with Gasteiger partial charge in [0.05, 0.1) is 11.4 Å². The van der Waals surface area contributed by atoms with E-state index in [1.807, 2.05) is 0 Å². The van der Waals surface area contributed by atoms with Crippen LogP contribution in [0.4, 0.5) is 17.1 Å². The molecule has 0 unspecified atom stereocenters. The number of anilines is 3. The van der Waals surface area contributed by atoms with Crippen molar-refractivity contribution in [1.29, 1.82) is 0 Å². The summed E-state index contributed by atoms with van der Waals surface area (Å²) in [5, 5.41) is 0. The van der Waals surface area contributed by atoms with Gasteiger partial charge in [0.1, 0.15) is 0 Å². The average Bonchev–Trinajstić information content (AvgIpc) is 1.96. The Morgan fingerprint density at radius 3 is 2.27 bits per heavy atom. The van der Waals surface area contributed by atoms with Crippen molar-refractivity contribution >= 4 is 17.1 Å². The summed E-state index contributed by atoms with van der Waals surface area (Å²) < 4.78 is 0. The third-order valence-electron chi connectivity index (χ3n) is 1.54. The zero-order valence-corrected chi connectivity index (χ0v) is 6.17. The fourth-order valence-corrected chi connectivity index (χ4v) is 0.932. The van der Waals surface area contributed by atoms with Gasteiger partial charge in [-0.05, 0) is 17.7 Å². The normalized spacial score (nSPS) is 9.91. The standard InChI is InChI=1S/C7H12N4/c8-3-4-1-5(9)2-6(10)7(4)11/h1-2H,3,8-11H2. The molecule has 60 valence electrons. The molecular formula is C7H12N4. The highest BCUT2D eigenvalue weighted by Crippen LogP contribution is 2.22. The van der Waals surface area contributed by atoms with E-state index in [4.69, 9.17) is 22.9 Å². The Kier molecular flexibility index (Phi) is 1.87. The van der Waals surface area contributed by atoms with E-state index < -0.39 is 0 Å². The second kappa shape index (κ2) is 2.67. The lowest BCUT2D eigenvalue weighted by molar-refractivity contribution is 1.08. The molecule has 4 heteroatoms. The lowest BCUT2D eigenvalue weighted by Crippen LogP contribution is -2.05. The molecule has 0 spiro atoms. The predicted molar refractivity (Wildman–Crippen MR) is 47.6 cm³/mol. The summed E-state index contributed by atoms with van der Waals surface area (Å²) in [6.07, 6.45) is 0. The molecule has 0 amide bonds. The molecule has 11 heavy (non-hydrogen) atoms. The molecule has 1 rings (SSSR count). The molecule has 0 aliphatic heterocycles. The highest BCUT2D eigenvalue weighted by Gasteiger charge is 2.01. The number of nitrogen functional groups attached to an aromatic ring is 3. The minimum absolute atomic E-state index is 0.362. The Labute approximate surface area is 65.2 Å². The highest BCUT2D eigenvalue weighted by molar-refractivity contribution is 5.72. The maximum atomic E-state index is 5.60. The van der Waals surface area contributed by atoms with Crippen molar-refractivity contribution in [2.75, 3.05) is 17.2 Å². The van der Waals surface area contributed by atoms with Crippen molar-refractivity contribution in [2.24, 2.45) is 5.73 Å². The van der Waals surface area contributed by atoms with E-state index in [2.05, 4.69) is 0 Å². The van der Waals surface area contributed by atoms with Crippen molar-refractivity contribution in [1.82, 2.24) is 0 Å². The van der Waals surface area contributed by atoms with Gasteiger partial charge in [0, 0.05) is 12.2 Å². The van der Waals surface area contributed by atoms with Crippen LogP contribution in [0.1, 0.15) is 5.56 Å². The summed E-state index contributed by atoms with van der Waals surface area (Å²) in [5.74, 6) is 0. The predicted octanol–water partition coefficient (Wildman–Crippen LogP) is -0.108. The van der Waals surface area contributed by atoms with Gasteiger partial charge in [0.25, 0.3) is 0 Å². The van der Waals surface area contributed by atoms with Crippen LogP contribution in [0.5, 0.6) is 0 Å². The van der Waals surface area contributed by atoms with Crippen LogP contribution < -0.4 is 22.9 Å². The molecule has 0 saturated carbocycles. The largest absolute Gasteiger partial charge is 0.399 e. The lowest BCUT2D eigenvalue weighted by Gasteiger charge is -2.06. The molecule has 1 aromatic carbocycles. The van der Waals surface area contributed by atoms with Crippen molar-refractivity contribution in [3.8, 4) is 0 Å². The molecule has 4 nitrogen and oxygen atoms in total. The molecular weight excluding hydrogens is 140 g/mol. The summed E-state index contributed by atoms with van der Waals surface area (Å²) in [4.78, 5) is 0. The average molecular weight is 152 g/mol. The zero-order valence-electron chi connectivity index (χ0n) is 6.17. The van der Waals surface area contributed by atoms with E-state index in [1.54, 1.807) is 12.1 Å². The molecule has 0 aliphatic carbocycles. The van der Waals surface area contributed by atoms with Crippen LogP contribution in [0.2, 0.25) is 0 Å². The van der Waals surface area contributed by atoms with E-state index in [0.29, 0.717) is 23.6 Å². The van der Waals surface area contributed by atoms with Crippen LogP contribution in [-0.2, 0) is 6.54 Å². The van der Waals surface area contributed by atoms with Gasteiger partial charge < -0.3 is 22.9 Å². The van der Waals surface area contributed by atoms with Crippen LogP contribution >= 0.6 is 0 Å². The Hall–Kier alpha value is -1.42. The van der Waals surface area contributed by atoms with Gasteiger partial charge in [0.15, 0.2) is 0 Å². The molecule has 8 N–H and O–H groups in total. The second-order valence-corrected chi connectivity index (χ2v) is 2.39. The molecule has 0 radical (unpaired) electrons. The van der Waals surface area contributed by atoms with E-state index in [9.17, 15) is 0 Å². The van der Waals surface area contributed by atoms with Gasteiger partial charge in [0.2, 0.25) is 0 Å². The fourth-order valence-electron chi connectivity index (χ4n) is 0.932. The summed E-state index contributed by atoms with van der Waals surface area (Å²) in [7, 11) is 0. The minimum Gasteiger partial charge on any atom is -0.399 e. The van der Waals surface area contributed by atoms with Crippen LogP contribution in [0.15, 0.2) is 12.1 Å². The van der Waals surface area contributed by atoms with E-state index in [0.717, 1.165) is 5.56 Å². The zero-order chi connectivity index (χ0) is 8.43. The lowest BCUT2D eigenvalue weighted by atomic mass is 10.1.